The second-order valence-corrected chi connectivity index (χ2v) is 6.90. The highest BCUT2D eigenvalue weighted by Crippen LogP contribution is 2.24. The third kappa shape index (κ3) is 4.24. The first kappa shape index (κ1) is 22.3. The number of nitro groups is 1. The number of hydrogen-bond donors (Lipinski definition) is 1. The zero-order chi connectivity index (χ0) is 24.4. The highest BCUT2D eigenvalue weighted by molar-refractivity contribution is 6.08. The third-order valence-corrected chi connectivity index (χ3v) is 4.74. The van der Waals surface area contributed by atoms with Gasteiger partial charge in [-0.1, -0.05) is 0 Å². The first-order chi connectivity index (χ1) is 16.3. The molecule has 0 unspecified atom stereocenters. The Bertz CT molecular complexity index is 1490. The van der Waals surface area contributed by atoms with Crippen molar-refractivity contribution >= 4 is 34.4 Å². The van der Waals surface area contributed by atoms with E-state index in [0.29, 0.717) is 5.69 Å². The van der Waals surface area contributed by atoms with E-state index < -0.39 is 33.8 Å². The third-order valence-electron chi connectivity index (χ3n) is 4.74. The summed E-state index contributed by atoms with van der Waals surface area (Å²) in [6, 6.07) is 9.78. The molecular formula is C22H15FN4O7. The predicted octanol–water partition coefficient (Wildman–Crippen LogP) is 3.46. The van der Waals surface area contributed by atoms with Gasteiger partial charge in [0.2, 0.25) is 0 Å². The van der Waals surface area contributed by atoms with Crippen LogP contribution in [0.15, 0.2) is 63.9 Å². The Labute approximate surface area is 189 Å². The van der Waals surface area contributed by atoms with Crippen molar-refractivity contribution in [3.8, 4) is 5.69 Å². The normalized spacial score (nSPS) is 10.8. The number of fused-ring (bicyclic) bond motifs is 1. The number of halogens is 1. The number of amides is 1. The van der Waals surface area contributed by atoms with Crippen LogP contribution in [0.4, 0.5) is 15.9 Å². The van der Waals surface area contributed by atoms with Gasteiger partial charge in [-0.15, -0.1) is 0 Å². The van der Waals surface area contributed by atoms with E-state index in [2.05, 4.69) is 10.4 Å². The molecule has 0 atom stereocenters. The zero-order valence-electron chi connectivity index (χ0n) is 17.5. The van der Waals surface area contributed by atoms with Crippen LogP contribution in [0, 0.1) is 15.9 Å². The minimum Gasteiger partial charge on any atom is -0.462 e. The summed E-state index contributed by atoms with van der Waals surface area (Å²) in [4.78, 5) is 48.2. The van der Waals surface area contributed by atoms with Crippen LogP contribution in [0.2, 0.25) is 0 Å². The van der Waals surface area contributed by atoms with Crippen molar-refractivity contribution in [1.29, 1.82) is 0 Å². The molecule has 2 aromatic carbocycles. The molecule has 172 valence electrons. The lowest BCUT2D eigenvalue weighted by Crippen LogP contribution is -2.23. The largest absolute Gasteiger partial charge is 0.462 e. The monoisotopic (exact) mass is 466 g/mol. The molecule has 0 aliphatic rings. The van der Waals surface area contributed by atoms with E-state index in [1.807, 2.05) is 0 Å². The topological polar surface area (TPSA) is 147 Å². The van der Waals surface area contributed by atoms with Crippen LogP contribution in [0.1, 0.15) is 27.6 Å². The SMILES string of the molecule is CCOC(=O)c1cnn(-c2ccc(F)cc2)c1NC(=O)c1cc2cc([N+](=O)[O-])ccc2oc1=O. The number of carbonyl (C=O) groups excluding carboxylic acids is 2. The van der Waals surface area contributed by atoms with E-state index in [0.717, 1.165) is 41.2 Å². The Morgan fingerprint density at radius 1 is 1.18 bits per heavy atom. The Hall–Kier alpha value is -4.87. The van der Waals surface area contributed by atoms with Gasteiger partial charge in [-0.05, 0) is 43.3 Å². The molecule has 0 aliphatic carbocycles. The smallest absolute Gasteiger partial charge is 0.349 e. The summed E-state index contributed by atoms with van der Waals surface area (Å²) >= 11 is 0. The van der Waals surface area contributed by atoms with Crippen molar-refractivity contribution in [3.05, 3.63) is 92.2 Å². The molecule has 0 fully saturated rings. The average molecular weight is 466 g/mol. The average Bonchev–Trinajstić information content (AvgIpc) is 3.22. The fourth-order valence-electron chi connectivity index (χ4n) is 3.16. The summed E-state index contributed by atoms with van der Waals surface area (Å²) in [7, 11) is 0. The number of carbonyl (C=O) groups is 2. The van der Waals surface area contributed by atoms with Gasteiger partial charge >= 0.3 is 11.6 Å². The Morgan fingerprint density at radius 2 is 1.91 bits per heavy atom. The molecule has 0 radical (unpaired) electrons. The number of anilines is 1. The van der Waals surface area contributed by atoms with Crippen LogP contribution in [-0.2, 0) is 4.74 Å². The molecule has 0 saturated heterocycles. The Morgan fingerprint density at radius 3 is 2.59 bits per heavy atom. The predicted molar refractivity (Wildman–Crippen MR) is 117 cm³/mol. The maximum Gasteiger partial charge on any atom is 0.349 e. The summed E-state index contributed by atoms with van der Waals surface area (Å²) in [6.07, 6.45) is 1.16. The number of nitro benzene ring substituents is 1. The van der Waals surface area contributed by atoms with Gasteiger partial charge in [0, 0.05) is 17.5 Å². The lowest BCUT2D eigenvalue weighted by Gasteiger charge is -2.11. The lowest BCUT2D eigenvalue weighted by atomic mass is 10.1. The van der Waals surface area contributed by atoms with Crippen molar-refractivity contribution in [3.63, 3.8) is 0 Å². The van der Waals surface area contributed by atoms with Crippen molar-refractivity contribution in [2.45, 2.75) is 6.92 Å². The first-order valence-corrected chi connectivity index (χ1v) is 9.83. The molecule has 4 rings (SSSR count). The van der Waals surface area contributed by atoms with Gasteiger partial charge in [0.25, 0.3) is 11.6 Å². The summed E-state index contributed by atoms with van der Waals surface area (Å²) < 4.78 is 24.6. The molecule has 0 bridgehead atoms. The van der Waals surface area contributed by atoms with Gasteiger partial charge in [0.1, 0.15) is 22.5 Å². The first-order valence-electron chi connectivity index (χ1n) is 9.83. The summed E-state index contributed by atoms with van der Waals surface area (Å²) in [6.45, 7) is 1.65. The van der Waals surface area contributed by atoms with Gasteiger partial charge in [-0.3, -0.25) is 14.9 Å². The number of non-ortho nitro benzene ring substituents is 1. The van der Waals surface area contributed by atoms with Crippen LogP contribution in [0.25, 0.3) is 16.7 Å². The summed E-state index contributed by atoms with van der Waals surface area (Å²) in [5, 5.41) is 17.7. The van der Waals surface area contributed by atoms with Gasteiger partial charge in [0.15, 0.2) is 5.82 Å². The van der Waals surface area contributed by atoms with Crippen LogP contribution in [0.5, 0.6) is 0 Å². The zero-order valence-corrected chi connectivity index (χ0v) is 17.5. The molecule has 34 heavy (non-hydrogen) atoms. The fraction of sp³-hybridized carbons (Fsp3) is 0.0909. The van der Waals surface area contributed by atoms with E-state index in [4.69, 9.17) is 9.15 Å². The summed E-state index contributed by atoms with van der Waals surface area (Å²) in [5.41, 5.74) is -1.46. The molecule has 12 heteroatoms. The van der Waals surface area contributed by atoms with Crippen molar-refractivity contribution in [1.82, 2.24) is 9.78 Å². The van der Waals surface area contributed by atoms with E-state index in [-0.39, 0.29) is 34.6 Å². The second kappa shape index (κ2) is 8.94. The number of nitrogens with one attached hydrogen (secondary N) is 1. The molecule has 11 nitrogen and oxygen atoms in total. The maximum absolute atomic E-state index is 13.4. The number of nitrogens with zero attached hydrogens (tertiary/aromatic N) is 3. The molecule has 0 saturated carbocycles. The maximum atomic E-state index is 13.4. The number of esters is 1. The van der Waals surface area contributed by atoms with Gasteiger partial charge in [-0.2, -0.15) is 5.10 Å². The number of hydrogen-bond acceptors (Lipinski definition) is 8. The van der Waals surface area contributed by atoms with E-state index >= 15 is 0 Å². The van der Waals surface area contributed by atoms with Crippen LogP contribution >= 0.6 is 0 Å². The van der Waals surface area contributed by atoms with Crippen LogP contribution < -0.4 is 10.9 Å². The standard InChI is InChI=1S/C22H15FN4O7/c1-2-33-21(29)17-11-24-26(14-5-3-13(23)4-6-14)19(17)25-20(28)16-10-12-9-15(27(31)32)7-8-18(12)34-22(16)30/h3-11H,2H2,1H3,(H,25,28). The number of aromatic nitrogens is 2. The Kier molecular flexibility index (Phi) is 5.87. The molecule has 1 amide bonds. The van der Waals surface area contributed by atoms with Gasteiger partial charge in [0.05, 0.1) is 23.4 Å². The van der Waals surface area contributed by atoms with Crippen LogP contribution in [-0.4, -0.2) is 33.2 Å². The van der Waals surface area contributed by atoms with Crippen molar-refractivity contribution in [2.24, 2.45) is 0 Å². The van der Waals surface area contributed by atoms with Crippen molar-refractivity contribution < 1.29 is 28.1 Å². The second-order valence-electron chi connectivity index (χ2n) is 6.90. The summed E-state index contributed by atoms with van der Waals surface area (Å²) in [5.74, 6) is -2.38. The van der Waals surface area contributed by atoms with E-state index in [1.165, 1.54) is 18.2 Å². The number of ether oxygens (including phenoxy) is 1. The van der Waals surface area contributed by atoms with Gasteiger partial charge in [-0.25, -0.2) is 18.7 Å². The molecule has 1 N–H and O–H groups in total. The number of benzene rings is 2. The molecular weight excluding hydrogens is 451 g/mol. The highest BCUT2D eigenvalue weighted by Gasteiger charge is 2.24. The molecule has 2 heterocycles. The van der Waals surface area contributed by atoms with Gasteiger partial charge < -0.3 is 14.5 Å². The molecule has 2 aromatic heterocycles. The highest BCUT2D eigenvalue weighted by atomic mass is 19.1. The fourth-order valence-corrected chi connectivity index (χ4v) is 3.16. The minimum absolute atomic E-state index is 0.0516. The molecule has 0 spiro atoms. The van der Waals surface area contributed by atoms with E-state index in [9.17, 15) is 28.9 Å². The van der Waals surface area contributed by atoms with E-state index in [1.54, 1.807) is 6.92 Å². The quantitative estimate of drug-likeness (QED) is 0.197. The van der Waals surface area contributed by atoms with Crippen LogP contribution in [0.3, 0.4) is 0 Å². The molecule has 4 aromatic rings. The lowest BCUT2D eigenvalue weighted by molar-refractivity contribution is -0.384. The molecule has 0 aliphatic heterocycles. The Balaban J connectivity index is 1.78. The minimum atomic E-state index is -0.996. The number of rotatable bonds is 6. The van der Waals surface area contributed by atoms with Crippen molar-refractivity contribution in [2.75, 3.05) is 11.9 Å².